The number of ether oxygens (including phenoxy) is 1. The summed E-state index contributed by atoms with van der Waals surface area (Å²) in [4.78, 5) is 11.6. The maximum Gasteiger partial charge on any atom is 0.345 e. The van der Waals surface area contributed by atoms with Crippen LogP contribution in [0.3, 0.4) is 0 Å². The zero-order valence-corrected chi connectivity index (χ0v) is 14.0. The number of benzene rings is 3. The Bertz CT molecular complexity index is 889. The van der Waals surface area contributed by atoms with Crippen LogP contribution in [0.15, 0.2) is 60.7 Å². The summed E-state index contributed by atoms with van der Waals surface area (Å²) in [6.45, 7) is 1.91. The van der Waals surface area contributed by atoms with Gasteiger partial charge in [-0.1, -0.05) is 48.0 Å². The van der Waals surface area contributed by atoms with E-state index in [1.54, 1.807) is 12.1 Å². The number of halogens is 1. The van der Waals surface area contributed by atoms with Crippen LogP contribution in [-0.2, 0) is 11.2 Å². The Morgan fingerprint density at radius 3 is 2.54 bits per heavy atom. The first kappa shape index (κ1) is 16.3. The van der Waals surface area contributed by atoms with Gasteiger partial charge in [0.1, 0.15) is 5.75 Å². The molecule has 0 saturated heterocycles. The second kappa shape index (κ2) is 6.93. The van der Waals surface area contributed by atoms with Crippen molar-refractivity contribution in [1.82, 2.24) is 0 Å². The number of carboxylic acid groups (broad SMARTS) is 1. The minimum atomic E-state index is -0.988. The van der Waals surface area contributed by atoms with Gasteiger partial charge in [-0.05, 0) is 53.1 Å². The molecule has 0 aromatic heterocycles. The smallest absolute Gasteiger partial charge is 0.345 e. The first-order chi connectivity index (χ1) is 11.5. The Kier molecular flexibility index (Phi) is 4.72. The van der Waals surface area contributed by atoms with Crippen LogP contribution in [0.2, 0.25) is 5.02 Å². The number of carbonyl (C=O) groups is 1. The molecule has 0 aliphatic rings. The lowest BCUT2D eigenvalue weighted by Gasteiger charge is -2.17. The van der Waals surface area contributed by atoms with Gasteiger partial charge in [0.15, 0.2) is 6.10 Å². The van der Waals surface area contributed by atoms with E-state index in [1.165, 1.54) is 0 Å². The second-order valence-corrected chi connectivity index (χ2v) is 6.17. The van der Waals surface area contributed by atoms with Gasteiger partial charge < -0.3 is 9.84 Å². The first-order valence-corrected chi connectivity index (χ1v) is 8.04. The molecule has 1 unspecified atom stereocenters. The highest BCUT2D eigenvalue weighted by molar-refractivity contribution is 6.30. The van der Waals surface area contributed by atoms with Gasteiger partial charge in [-0.15, -0.1) is 0 Å². The van der Waals surface area contributed by atoms with Crippen LogP contribution < -0.4 is 4.74 Å². The highest BCUT2D eigenvalue weighted by Gasteiger charge is 2.21. The van der Waals surface area contributed by atoms with Crippen LogP contribution in [0.1, 0.15) is 11.1 Å². The summed E-state index contributed by atoms with van der Waals surface area (Å²) in [5, 5.41) is 12.2. The van der Waals surface area contributed by atoms with Crippen molar-refractivity contribution < 1.29 is 14.6 Å². The normalized spacial score (nSPS) is 12.1. The monoisotopic (exact) mass is 340 g/mol. The number of carboxylic acids is 1. The third kappa shape index (κ3) is 3.69. The van der Waals surface area contributed by atoms with Crippen LogP contribution in [0.25, 0.3) is 10.8 Å². The summed E-state index contributed by atoms with van der Waals surface area (Å²) in [6.07, 6.45) is -0.670. The second-order valence-electron chi connectivity index (χ2n) is 5.73. The number of aliphatic carboxylic acids is 1. The van der Waals surface area contributed by atoms with Gasteiger partial charge in [0.2, 0.25) is 0 Å². The first-order valence-electron chi connectivity index (χ1n) is 7.66. The Morgan fingerprint density at radius 1 is 1.08 bits per heavy atom. The Balaban J connectivity index is 1.83. The van der Waals surface area contributed by atoms with Crippen LogP contribution >= 0.6 is 11.6 Å². The molecule has 0 saturated carbocycles. The maximum absolute atomic E-state index is 11.6. The van der Waals surface area contributed by atoms with E-state index in [0.29, 0.717) is 10.8 Å². The fraction of sp³-hybridized carbons (Fsp3) is 0.150. The number of hydrogen-bond donors (Lipinski definition) is 1. The van der Waals surface area contributed by atoms with E-state index in [1.807, 2.05) is 55.5 Å². The van der Waals surface area contributed by atoms with Crippen molar-refractivity contribution in [2.45, 2.75) is 19.4 Å². The summed E-state index contributed by atoms with van der Waals surface area (Å²) in [5.41, 5.74) is 1.86. The molecule has 0 heterocycles. The molecule has 24 heavy (non-hydrogen) atoms. The van der Waals surface area contributed by atoms with E-state index in [-0.39, 0.29) is 6.42 Å². The van der Waals surface area contributed by atoms with Gasteiger partial charge in [0, 0.05) is 11.4 Å². The molecular formula is C20H17ClO3. The number of hydrogen-bond acceptors (Lipinski definition) is 2. The molecule has 0 bridgehead atoms. The fourth-order valence-corrected chi connectivity index (χ4v) is 2.90. The Labute approximate surface area is 145 Å². The highest BCUT2D eigenvalue weighted by atomic mass is 35.5. The van der Waals surface area contributed by atoms with Crippen molar-refractivity contribution in [3.8, 4) is 5.75 Å². The zero-order valence-electron chi connectivity index (χ0n) is 13.2. The summed E-state index contributed by atoms with van der Waals surface area (Å²) >= 11 is 5.95. The number of rotatable bonds is 5. The molecule has 0 aliphatic heterocycles. The Hall–Kier alpha value is -2.52. The van der Waals surface area contributed by atoms with E-state index in [0.717, 1.165) is 21.9 Å². The molecule has 122 valence electrons. The molecule has 4 heteroatoms. The van der Waals surface area contributed by atoms with Crippen molar-refractivity contribution in [3.63, 3.8) is 0 Å². The Morgan fingerprint density at radius 2 is 1.83 bits per heavy atom. The fourth-order valence-electron chi connectivity index (χ4n) is 2.67. The quantitative estimate of drug-likeness (QED) is 0.720. The van der Waals surface area contributed by atoms with Crippen LogP contribution in [-0.4, -0.2) is 17.2 Å². The highest BCUT2D eigenvalue weighted by Crippen LogP contribution is 2.23. The third-order valence-electron chi connectivity index (χ3n) is 3.98. The molecule has 0 amide bonds. The summed E-state index contributed by atoms with van der Waals surface area (Å²) in [6, 6.07) is 18.9. The third-order valence-corrected chi connectivity index (χ3v) is 4.22. The van der Waals surface area contributed by atoms with Crippen molar-refractivity contribution in [2.75, 3.05) is 0 Å². The van der Waals surface area contributed by atoms with Crippen molar-refractivity contribution >= 4 is 28.3 Å². The average Bonchev–Trinajstić information content (AvgIpc) is 2.56. The molecular weight excluding hydrogens is 324 g/mol. The summed E-state index contributed by atoms with van der Waals surface area (Å²) in [7, 11) is 0. The van der Waals surface area contributed by atoms with Gasteiger partial charge in [0.25, 0.3) is 0 Å². The van der Waals surface area contributed by atoms with Crippen molar-refractivity contribution in [3.05, 3.63) is 76.8 Å². The van der Waals surface area contributed by atoms with Crippen LogP contribution in [0, 0.1) is 6.92 Å². The number of fused-ring (bicyclic) bond motifs is 1. The van der Waals surface area contributed by atoms with Gasteiger partial charge >= 0.3 is 5.97 Å². The molecule has 1 atom stereocenters. The molecule has 0 spiro atoms. The predicted molar refractivity (Wildman–Crippen MR) is 95.9 cm³/mol. The zero-order chi connectivity index (χ0) is 17.1. The molecule has 3 rings (SSSR count). The SMILES string of the molecule is Cc1cc(Cl)ccc1CC(Oc1ccc2ccccc2c1)C(=O)O. The van der Waals surface area contributed by atoms with E-state index in [4.69, 9.17) is 16.3 Å². The minimum Gasteiger partial charge on any atom is -0.478 e. The lowest BCUT2D eigenvalue weighted by molar-refractivity contribution is -0.145. The maximum atomic E-state index is 11.6. The van der Waals surface area contributed by atoms with Crippen molar-refractivity contribution in [1.29, 1.82) is 0 Å². The lowest BCUT2D eigenvalue weighted by Crippen LogP contribution is -2.29. The molecule has 3 aromatic rings. The van der Waals surface area contributed by atoms with Crippen LogP contribution in [0.5, 0.6) is 5.75 Å². The number of aryl methyl sites for hydroxylation is 1. The van der Waals surface area contributed by atoms with Crippen molar-refractivity contribution in [2.24, 2.45) is 0 Å². The van der Waals surface area contributed by atoms with E-state index < -0.39 is 12.1 Å². The summed E-state index contributed by atoms with van der Waals surface area (Å²) in [5.74, 6) is -0.440. The van der Waals surface area contributed by atoms with Crippen LogP contribution in [0.4, 0.5) is 0 Å². The molecule has 3 aromatic carbocycles. The molecule has 0 radical (unpaired) electrons. The van der Waals surface area contributed by atoms with E-state index in [9.17, 15) is 9.90 Å². The van der Waals surface area contributed by atoms with Gasteiger partial charge in [0.05, 0.1) is 0 Å². The molecule has 1 N–H and O–H groups in total. The lowest BCUT2D eigenvalue weighted by atomic mass is 10.0. The standard InChI is InChI=1S/C20H17ClO3/c1-13-10-17(21)8-6-15(13)12-19(20(22)23)24-18-9-7-14-4-2-3-5-16(14)11-18/h2-11,19H,12H2,1H3,(H,22,23). The summed E-state index contributed by atoms with van der Waals surface area (Å²) < 4.78 is 5.74. The average molecular weight is 341 g/mol. The molecule has 0 aliphatic carbocycles. The van der Waals surface area contributed by atoms with Gasteiger partial charge in [-0.2, -0.15) is 0 Å². The van der Waals surface area contributed by atoms with Gasteiger partial charge in [-0.3, -0.25) is 0 Å². The predicted octanol–water partition coefficient (Wildman–Crippen LogP) is 4.88. The minimum absolute atomic E-state index is 0.283. The molecule has 0 fully saturated rings. The van der Waals surface area contributed by atoms with Gasteiger partial charge in [-0.25, -0.2) is 4.79 Å². The molecule has 3 nitrogen and oxygen atoms in total. The topological polar surface area (TPSA) is 46.5 Å². The largest absolute Gasteiger partial charge is 0.478 e. The van der Waals surface area contributed by atoms with E-state index in [2.05, 4.69) is 0 Å². The van der Waals surface area contributed by atoms with E-state index >= 15 is 0 Å².